The third-order valence-electron chi connectivity index (χ3n) is 5.06. The van der Waals surface area contributed by atoms with Crippen LogP contribution in [-0.4, -0.2) is 59.6 Å². The zero-order valence-corrected chi connectivity index (χ0v) is 18.5. The smallest absolute Gasteiger partial charge is 0.286 e. The molecule has 31 heavy (non-hydrogen) atoms. The van der Waals surface area contributed by atoms with E-state index in [2.05, 4.69) is 27.8 Å². The van der Waals surface area contributed by atoms with Gasteiger partial charge in [-0.1, -0.05) is 24.7 Å². The molecule has 166 valence electrons. The molecular weight excluding hydrogens is 418 g/mol. The zero-order chi connectivity index (χ0) is 22.2. The minimum Gasteiger partial charge on any atom is -0.497 e. The van der Waals surface area contributed by atoms with Crippen LogP contribution in [0.3, 0.4) is 0 Å². The number of aromatic nitrogens is 2. The summed E-state index contributed by atoms with van der Waals surface area (Å²) in [6.45, 7) is 3.64. The lowest BCUT2D eigenvalue weighted by atomic mass is 9.97. The van der Waals surface area contributed by atoms with Gasteiger partial charge in [0.15, 0.2) is 0 Å². The molecule has 2 N–H and O–H groups in total. The van der Waals surface area contributed by atoms with Crippen LogP contribution in [0.5, 0.6) is 5.75 Å². The second kappa shape index (κ2) is 10.9. The molecule has 1 fully saturated rings. The number of likely N-dealkylation sites (tertiary alicyclic amines) is 1. The monoisotopic (exact) mass is 445 g/mol. The van der Waals surface area contributed by atoms with E-state index < -0.39 is 5.91 Å². The number of piperidine rings is 1. The predicted octanol–water partition coefficient (Wildman–Crippen LogP) is 2.57. The minimum absolute atomic E-state index is 0.0113. The molecule has 9 nitrogen and oxygen atoms in total. The highest BCUT2D eigenvalue weighted by Crippen LogP contribution is 2.21. The molecule has 1 aliphatic rings. The molecule has 3 amide bonds. The molecular formula is C21H27N5O4S. The number of nitrogens with zero attached hydrogens (tertiary/aromatic N) is 3. The van der Waals surface area contributed by atoms with Crippen LogP contribution in [0.2, 0.25) is 0 Å². The molecule has 0 bridgehead atoms. The summed E-state index contributed by atoms with van der Waals surface area (Å²) < 4.78 is 5.09. The predicted molar refractivity (Wildman–Crippen MR) is 117 cm³/mol. The van der Waals surface area contributed by atoms with Crippen molar-refractivity contribution in [2.75, 3.05) is 32.1 Å². The van der Waals surface area contributed by atoms with Gasteiger partial charge >= 0.3 is 0 Å². The lowest BCUT2D eigenvalue weighted by Gasteiger charge is -2.31. The summed E-state index contributed by atoms with van der Waals surface area (Å²) in [6, 6.07) is 6.89. The molecule has 2 heterocycles. The average molecular weight is 446 g/mol. The zero-order valence-electron chi connectivity index (χ0n) is 17.7. The van der Waals surface area contributed by atoms with Gasteiger partial charge < -0.3 is 20.3 Å². The molecule has 3 rings (SSSR count). The van der Waals surface area contributed by atoms with Crippen molar-refractivity contribution in [1.82, 2.24) is 20.4 Å². The number of carbonyl (C=O) groups excluding carboxylic acids is 3. The van der Waals surface area contributed by atoms with E-state index in [9.17, 15) is 14.4 Å². The average Bonchev–Trinajstić information content (AvgIpc) is 3.30. The van der Waals surface area contributed by atoms with Crippen LogP contribution in [0.4, 0.5) is 5.69 Å². The Kier molecular flexibility index (Phi) is 7.94. The Morgan fingerprint density at radius 2 is 1.94 bits per heavy atom. The minimum atomic E-state index is -0.437. The fourth-order valence-electron chi connectivity index (χ4n) is 3.30. The maximum absolute atomic E-state index is 12.8. The van der Waals surface area contributed by atoms with Crippen molar-refractivity contribution in [3.8, 4) is 5.75 Å². The standard InChI is InChI=1S/C21H27N5O4S/c1-3-4-11-22-17(27)14-6-5-12-26(13-14)21(29)20-25-24-19(31-20)18(28)23-15-7-9-16(30-2)10-8-15/h7-10,14H,3-6,11-13H2,1-2H3,(H,22,27)(H,23,28). The number of hydrogen-bond acceptors (Lipinski definition) is 7. The van der Waals surface area contributed by atoms with Gasteiger partial charge in [-0.15, -0.1) is 10.2 Å². The van der Waals surface area contributed by atoms with Gasteiger partial charge in [0, 0.05) is 25.3 Å². The van der Waals surface area contributed by atoms with E-state index in [0.717, 1.165) is 37.0 Å². The molecule has 10 heteroatoms. The second-order valence-corrected chi connectivity index (χ2v) is 8.31. The van der Waals surface area contributed by atoms with Gasteiger partial charge in [-0.3, -0.25) is 14.4 Å². The summed E-state index contributed by atoms with van der Waals surface area (Å²) in [5, 5.41) is 13.7. The Labute approximate surface area is 185 Å². The molecule has 0 aliphatic carbocycles. The van der Waals surface area contributed by atoms with Crippen LogP contribution >= 0.6 is 11.3 Å². The Balaban J connectivity index is 1.58. The van der Waals surface area contributed by atoms with Crippen molar-refractivity contribution in [3.05, 3.63) is 34.3 Å². The Bertz CT molecular complexity index is 915. The van der Waals surface area contributed by atoms with Crippen molar-refractivity contribution in [3.63, 3.8) is 0 Å². The summed E-state index contributed by atoms with van der Waals surface area (Å²) >= 11 is 0.945. The first-order chi connectivity index (χ1) is 15.0. The Hall–Kier alpha value is -3.01. The number of nitrogens with one attached hydrogen (secondary N) is 2. The number of hydrogen-bond donors (Lipinski definition) is 2. The first-order valence-electron chi connectivity index (χ1n) is 10.4. The number of ether oxygens (including phenoxy) is 1. The third-order valence-corrected chi connectivity index (χ3v) is 5.97. The fraction of sp³-hybridized carbons (Fsp3) is 0.476. The maximum Gasteiger partial charge on any atom is 0.286 e. The summed E-state index contributed by atoms with van der Waals surface area (Å²) in [5.74, 6) is -0.288. The number of anilines is 1. The Morgan fingerprint density at radius 3 is 2.65 bits per heavy atom. The van der Waals surface area contributed by atoms with Crippen molar-refractivity contribution < 1.29 is 19.1 Å². The van der Waals surface area contributed by atoms with Crippen LogP contribution in [-0.2, 0) is 4.79 Å². The molecule has 1 aromatic carbocycles. The quantitative estimate of drug-likeness (QED) is 0.604. The lowest BCUT2D eigenvalue weighted by Crippen LogP contribution is -2.45. The third kappa shape index (κ3) is 6.00. The van der Waals surface area contributed by atoms with Crippen molar-refractivity contribution in [1.29, 1.82) is 0 Å². The first kappa shape index (κ1) is 22.7. The number of rotatable bonds is 8. The molecule has 1 aliphatic heterocycles. The topological polar surface area (TPSA) is 114 Å². The Morgan fingerprint density at radius 1 is 1.19 bits per heavy atom. The summed E-state index contributed by atoms with van der Waals surface area (Å²) in [4.78, 5) is 39.3. The van der Waals surface area contributed by atoms with Crippen LogP contribution in [0.15, 0.2) is 24.3 Å². The lowest BCUT2D eigenvalue weighted by molar-refractivity contribution is -0.126. The molecule has 1 atom stereocenters. The molecule has 0 radical (unpaired) electrons. The summed E-state index contributed by atoms with van der Waals surface area (Å²) in [6.07, 6.45) is 3.46. The van der Waals surface area contributed by atoms with E-state index in [1.165, 1.54) is 0 Å². The molecule has 2 aromatic rings. The van der Waals surface area contributed by atoms with Crippen LogP contribution in [0.1, 0.15) is 52.2 Å². The van der Waals surface area contributed by atoms with Gasteiger partial charge in [0.25, 0.3) is 11.8 Å². The molecule has 1 aromatic heterocycles. The maximum atomic E-state index is 12.8. The number of methoxy groups -OCH3 is 1. The van der Waals surface area contributed by atoms with Crippen LogP contribution in [0.25, 0.3) is 0 Å². The fourth-order valence-corrected chi connectivity index (χ4v) is 4.01. The second-order valence-electron chi connectivity index (χ2n) is 7.33. The van der Waals surface area contributed by atoms with Crippen LogP contribution in [0, 0.1) is 5.92 Å². The van der Waals surface area contributed by atoms with Gasteiger partial charge in [-0.2, -0.15) is 0 Å². The number of unbranched alkanes of at least 4 members (excludes halogenated alkanes) is 1. The van der Waals surface area contributed by atoms with Crippen molar-refractivity contribution >= 4 is 34.7 Å². The van der Waals surface area contributed by atoms with Crippen LogP contribution < -0.4 is 15.4 Å². The van der Waals surface area contributed by atoms with Crippen molar-refractivity contribution in [2.45, 2.75) is 32.6 Å². The molecule has 1 saturated heterocycles. The highest BCUT2D eigenvalue weighted by Gasteiger charge is 2.30. The van der Waals surface area contributed by atoms with E-state index in [-0.39, 0.29) is 27.7 Å². The number of benzene rings is 1. The molecule has 0 spiro atoms. The van der Waals surface area contributed by atoms with E-state index in [0.29, 0.717) is 31.1 Å². The number of carbonyl (C=O) groups is 3. The highest BCUT2D eigenvalue weighted by atomic mass is 32.1. The largest absolute Gasteiger partial charge is 0.497 e. The molecule has 0 saturated carbocycles. The van der Waals surface area contributed by atoms with Gasteiger partial charge in [-0.25, -0.2) is 0 Å². The van der Waals surface area contributed by atoms with Crippen molar-refractivity contribution in [2.24, 2.45) is 5.92 Å². The van der Waals surface area contributed by atoms with E-state index in [1.54, 1.807) is 36.3 Å². The first-order valence-corrected chi connectivity index (χ1v) is 11.2. The van der Waals surface area contributed by atoms with E-state index >= 15 is 0 Å². The van der Waals surface area contributed by atoms with Gasteiger partial charge in [-0.05, 0) is 43.5 Å². The number of amides is 3. The summed E-state index contributed by atoms with van der Waals surface area (Å²) in [5.41, 5.74) is 0.585. The SMILES string of the molecule is CCCCNC(=O)C1CCCN(C(=O)c2nnc(C(=O)Nc3ccc(OC)cc3)s2)C1. The normalized spacial score (nSPS) is 15.9. The summed E-state index contributed by atoms with van der Waals surface area (Å²) in [7, 11) is 1.57. The molecule has 1 unspecified atom stereocenters. The van der Waals surface area contributed by atoms with Gasteiger partial charge in [0.2, 0.25) is 15.9 Å². The van der Waals surface area contributed by atoms with Gasteiger partial charge in [0.1, 0.15) is 5.75 Å². The highest BCUT2D eigenvalue weighted by molar-refractivity contribution is 7.15. The van der Waals surface area contributed by atoms with Gasteiger partial charge in [0.05, 0.1) is 13.0 Å². The van der Waals surface area contributed by atoms with E-state index in [4.69, 9.17) is 4.74 Å². The van der Waals surface area contributed by atoms with E-state index in [1.807, 2.05) is 0 Å².